The lowest BCUT2D eigenvalue weighted by molar-refractivity contribution is -0.138. The number of nitrogens with two attached hydrogens (primary N) is 1. The lowest BCUT2D eigenvalue weighted by Crippen LogP contribution is -2.51. The Kier molecular flexibility index (Phi) is 9.49. The van der Waals surface area contributed by atoms with Crippen LogP contribution in [0.15, 0.2) is 70.3 Å². The first kappa shape index (κ1) is 32.7. The summed E-state index contributed by atoms with van der Waals surface area (Å²) in [4.78, 5) is 46.5. The minimum atomic E-state index is -4.87. The second-order valence-corrected chi connectivity index (χ2v) is 11.2. The summed E-state index contributed by atoms with van der Waals surface area (Å²) in [5, 5.41) is 0. The van der Waals surface area contributed by atoms with E-state index in [0.29, 0.717) is 44.0 Å². The highest BCUT2D eigenvalue weighted by Crippen LogP contribution is 2.33. The SMILES string of the molecule is COC(=O)c1ccc(CN2CCN(c3c(C)n(Cc4c(F)cccc4C(F)(F)F)c(=O)n(C[C@@H](N)c4ccccc4)c3=O)CC2)[nH]1. The molecule has 0 unspecified atom stereocenters. The largest absolute Gasteiger partial charge is 0.464 e. The van der Waals surface area contributed by atoms with Crippen molar-refractivity contribution in [3.63, 3.8) is 0 Å². The van der Waals surface area contributed by atoms with E-state index in [1.807, 2.05) is 0 Å². The number of hydrogen-bond donors (Lipinski definition) is 2. The number of nitrogens with one attached hydrogen (secondary N) is 1. The molecular weight excluding hydrogens is 608 g/mol. The quantitative estimate of drug-likeness (QED) is 0.211. The van der Waals surface area contributed by atoms with Crippen LogP contribution in [0.2, 0.25) is 0 Å². The minimum absolute atomic E-state index is 0.122. The van der Waals surface area contributed by atoms with Gasteiger partial charge < -0.3 is 20.4 Å². The molecule has 1 aliphatic heterocycles. The molecule has 244 valence electrons. The van der Waals surface area contributed by atoms with Gasteiger partial charge in [-0.3, -0.25) is 18.8 Å². The maximum Gasteiger partial charge on any atom is 0.416 e. The fourth-order valence-corrected chi connectivity index (χ4v) is 5.78. The van der Waals surface area contributed by atoms with Gasteiger partial charge in [-0.25, -0.2) is 14.0 Å². The molecule has 2 aromatic carbocycles. The number of alkyl halides is 3. The van der Waals surface area contributed by atoms with E-state index in [-0.39, 0.29) is 17.9 Å². The van der Waals surface area contributed by atoms with Crippen LogP contribution < -0.4 is 21.9 Å². The molecule has 0 bridgehead atoms. The van der Waals surface area contributed by atoms with Gasteiger partial charge in [0, 0.05) is 55.7 Å². The van der Waals surface area contributed by atoms with Crippen molar-refractivity contribution in [2.45, 2.75) is 38.8 Å². The summed E-state index contributed by atoms with van der Waals surface area (Å²) in [5.74, 6) is -1.60. The van der Waals surface area contributed by atoms with E-state index >= 15 is 0 Å². The average molecular weight is 643 g/mol. The number of aromatic nitrogens is 3. The van der Waals surface area contributed by atoms with Gasteiger partial charge in [-0.2, -0.15) is 13.2 Å². The van der Waals surface area contributed by atoms with Gasteiger partial charge in [-0.1, -0.05) is 36.4 Å². The molecule has 1 saturated heterocycles. The smallest absolute Gasteiger partial charge is 0.416 e. The number of halogens is 4. The first-order valence-corrected chi connectivity index (χ1v) is 14.6. The van der Waals surface area contributed by atoms with Crippen molar-refractivity contribution in [2.24, 2.45) is 5.73 Å². The van der Waals surface area contributed by atoms with Crippen LogP contribution in [0, 0.1) is 12.7 Å². The number of H-pyrrole nitrogens is 1. The first-order valence-electron chi connectivity index (χ1n) is 14.6. The standard InChI is InChI=1S/C32H34F4N6O4/c1-20-28(40-15-13-39(14-16-40)17-22-11-12-27(38-22)30(44)46-2)29(43)42(19-26(37)21-7-4-3-5-8-21)31(45)41(20)18-23-24(32(34,35)36)9-6-10-25(23)33/h3-12,26,38H,13-19,37H2,1-2H3/t26-/m1/s1. The maximum atomic E-state index is 14.9. The molecule has 3 N–H and O–H groups in total. The zero-order valence-electron chi connectivity index (χ0n) is 25.3. The van der Waals surface area contributed by atoms with Crippen molar-refractivity contribution < 1.29 is 27.1 Å². The molecule has 0 radical (unpaired) electrons. The predicted octanol–water partition coefficient (Wildman–Crippen LogP) is 3.66. The van der Waals surface area contributed by atoms with E-state index in [1.165, 1.54) is 14.0 Å². The lowest BCUT2D eigenvalue weighted by atomic mass is 10.1. The Morgan fingerprint density at radius 1 is 0.957 bits per heavy atom. The zero-order chi connectivity index (χ0) is 33.2. The van der Waals surface area contributed by atoms with Crippen molar-refractivity contribution in [3.05, 3.63) is 121 Å². The summed E-state index contributed by atoms with van der Waals surface area (Å²) >= 11 is 0. The van der Waals surface area contributed by atoms with E-state index < -0.39 is 52.9 Å². The molecule has 0 aliphatic carbocycles. The van der Waals surface area contributed by atoms with Crippen molar-refractivity contribution >= 4 is 11.7 Å². The van der Waals surface area contributed by atoms with Crippen molar-refractivity contribution in [1.82, 2.24) is 19.0 Å². The van der Waals surface area contributed by atoms with Crippen LogP contribution >= 0.6 is 0 Å². The van der Waals surface area contributed by atoms with Gasteiger partial charge in [-0.15, -0.1) is 0 Å². The number of rotatable bonds is 9. The summed E-state index contributed by atoms with van der Waals surface area (Å²) < 4.78 is 63.3. The Balaban J connectivity index is 1.50. The second-order valence-electron chi connectivity index (χ2n) is 11.2. The van der Waals surface area contributed by atoms with Crippen molar-refractivity contribution in [2.75, 3.05) is 38.2 Å². The second kappa shape index (κ2) is 13.3. The first-order chi connectivity index (χ1) is 21.9. The fourth-order valence-electron chi connectivity index (χ4n) is 5.78. The summed E-state index contributed by atoms with van der Waals surface area (Å²) in [5.41, 5.74) is 5.00. The number of carbonyl (C=O) groups is 1. The number of anilines is 1. The fraction of sp³-hybridized carbons (Fsp3) is 0.344. The lowest BCUT2D eigenvalue weighted by Gasteiger charge is -2.36. The molecule has 2 aromatic heterocycles. The predicted molar refractivity (Wildman–Crippen MR) is 163 cm³/mol. The zero-order valence-corrected chi connectivity index (χ0v) is 25.3. The van der Waals surface area contributed by atoms with Crippen molar-refractivity contribution in [3.8, 4) is 0 Å². The number of nitrogens with zero attached hydrogens (tertiary/aromatic N) is 4. The normalized spacial score (nSPS) is 14.8. The van der Waals surface area contributed by atoms with Gasteiger partial charge in [0.05, 0.1) is 25.8 Å². The Morgan fingerprint density at radius 3 is 2.30 bits per heavy atom. The number of benzene rings is 2. The van der Waals surface area contributed by atoms with E-state index in [4.69, 9.17) is 10.5 Å². The molecule has 0 saturated carbocycles. The minimum Gasteiger partial charge on any atom is -0.464 e. The van der Waals surface area contributed by atoms with Crippen molar-refractivity contribution in [1.29, 1.82) is 0 Å². The highest BCUT2D eigenvalue weighted by molar-refractivity contribution is 5.87. The monoisotopic (exact) mass is 642 g/mol. The Labute approximate surface area is 261 Å². The third-order valence-corrected chi connectivity index (χ3v) is 8.24. The number of ether oxygens (including phenoxy) is 1. The molecule has 1 atom stereocenters. The Hall–Kier alpha value is -4.69. The molecule has 4 aromatic rings. The number of carbonyl (C=O) groups excluding carboxylic acids is 1. The van der Waals surface area contributed by atoms with Crippen LogP contribution in [0.5, 0.6) is 0 Å². The van der Waals surface area contributed by atoms with E-state index in [1.54, 1.807) is 47.4 Å². The highest BCUT2D eigenvalue weighted by atomic mass is 19.4. The van der Waals surface area contributed by atoms with Gasteiger partial charge in [0.15, 0.2) is 0 Å². The molecule has 14 heteroatoms. The summed E-state index contributed by atoms with van der Waals surface area (Å²) in [6.45, 7) is 2.71. The highest BCUT2D eigenvalue weighted by Gasteiger charge is 2.35. The topological polar surface area (TPSA) is 119 Å². The van der Waals surface area contributed by atoms with Crippen LogP contribution in [-0.4, -0.2) is 58.3 Å². The number of esters is 1. The van der Waals surface area contributed by atoms with E-state index in [9.17, 15) is 31.9 Å². The molecule has 0 spiro atoms. The van der Waals surface area contributed by atoms with Crippen LogP contribution in [0.3, 0.4) is 0 Å². The number of aromatic amines is 1. The summed E-state index contributed by atoms with van der Waals surface area (Å²) in [6, 6.07) is 14.1. The molecule has 1 aliphatic rings. The molecule has 10 nitrogen and oxygen atoms in total. The Bertz CT molecular complexity index is 1820. The van der Waals surface area contributed by atoms with Crippen LogP contribution in [0.1, 0.15) is 44.6 Å². The third kappa shape index (κ3) is 6.77. The molecular formula is C32H34F4N6O4. The van der Waals surface area contributed by atoms with Crippen LogP contribution in [0.4, 0.5) is 23.2 Å². The van der Waals surface area contributed by atoms with Gasteiger partial charge in [0.25, 0.3) is 5.56 Å². The Morgan fingerprint density at radius 2 is 1.65 bits per heavy atom. The van der Waals surface area contributed by atoms with Gasteiger partial charge >= 0.3 is 17.8 Å². The van der Waals surface area contributed by atoms with Crippen LogP contribution in [-0.2, 0) is 30.5 Å². The van der Waals surface area contributed by atoms with Gasteiger partial charge in [0.2, 0.25) is 0 Å². The van der Waals surface area contributed by atoms with Gasteiger partial charge in [0.1, 0.15) is 17.2 Å². The summed E-state index contributed by atoms with van der Waals surface area (Å²) in [6.07, 6.45) is -4.87. The molecule has 1 fully saturated rings. The van der Waals surface area contributed by atoms with Crippen LogP contribution in [0.25, 0.3) is 0 Å². The maximum absolute atomic E-state index is 14.9. The molecule has 5 rings (SSSR count). The number of hydrogen-bond acceptors (Lipinski definition) is 7. The molecule has 46 heavy (non-hydrogen) atoms. The van der Waals surface area contributed by atoms with E-state index in [0.717, 1.165) is 33.0 Å². The number of methoxy groups -OCH3 is 1. The van der Waals surface area contributed by atoms with E-state index in [2.05, 4.69) is 9.88 Å². The molecule has 0 amide bonds. The third-order valence-electron chi connectivity index (χ3n) is 8.24. The van der Waals surface area contributed by atoms with Gasteiger partial charge in [-0.05, 0) is 36.8 Å². The summed E-state index contributed by atoms with van der Waals surface area (Å²) in [7, 11) is 1.29. The molecule has 3 heterocycles. The average Bonchev–Trinajstić information content (AvgIpc) is 3.50. The number of piperazine rings is 1.